The summed E-state index contributed by atoms with van der Waals surface area (Å²) in [6, 6.07) is 12.0. The van der Waals surface area contributed by atoms with Crippen LogP contribution < -0.4 is 16.1 Å². The molecule has 0 aliphatic rings. The Morgan fingerprint density at radius 1 is 1.23 bits per heavy atom. The van der Waals surface area contributed by atoms with Crippen molar-refractivity contribution in [2.45, 2.75) is 0 Å². The number of amides is 1. The van der Waals surface area contributed by atoms with E-state index in [1.54, 1.807) is 0 Å². The Morgan fingerprint density at radius 3 is 2.55 bits per heavy atom. The molecule has 4 N–H and O–H groups in total. The smallest absolute Gasteiger partial charge is 0.275 e. The Morgan fingerprint density at radius 2 is 1.91 bits per heavy atom. The van der Waals surface area contributed by atoms with Crippen LogP contribution in [-0.4, -0.2) is 31.3 Å². The molecule has 6 nitrogen and oxygen atoms in total. The van der Waals surface area contributed by atoms with Gasteiger partial charge in [0.15, 0.2) is 0 Å². The van der Waals surface area contributed by atoms with Crippen molar-refractivity contribution in [1.29, 1.82) is 0 Å². The number of aromatic hydroxyl groups is 1. The van der Waals surface area contributed by atoms with E-state index < -0.39 is 5.91 Å². The molecule has 0 unspecified atom stereocenters. The van der Waals surface area contributed by atoms with Crippen LogP contribution >= 0.6 is 0 Å². The molecule has 0 aliphatic carbocycles. The molecule has 2 rings (SSSR count). The van der Waals surface area contributed by atoms with E-state index in [0.717, 1.165) is 11.3 Å². The van der Waals surface area contributed by atoms with Gasteiger partial charge in [-0.15, -0.1) is 0 Å². The largest absolute Gasteiger partial charge is 0.507 e. The number of nitrogens with two attached hydrogens (primary N) is 1. The van der Waals surface area contributed by atoms with Crippen LogP contribution in [0.25, 0.3) is 0 Å². The van der Waals surface area contributed by atoms with Crippen LogP contribution in [0.2, 0.25) is 0 Å². The summed E-state index contributed by atoms with van der Waals surface area (Å²) in [6.07, 6.45) is 1.53. The summed E-state index contributed by atoms with van der Waals surface area (Å²) >= 11 is 0. The molecule has 0 bridgehead atoms. The monoisotopic (exact) mass is 298 g/mol. The van der Waals surface area contributed by atoms with Crippen molar-refractivity contribution in [3.8, 4) is 5.75 Å². The highest BCUT2D eigenvalue weighted by Crippen LogP contribution is 2.19. The maximum atomic E-state index is 11.9. The van der Waals surface area contributed by atoms with Crippen molar-refractivity contribution in [3.63, 3.8) is 0 Å². The number of phenolic OH excluding ortho intramolecular Hbond substituents is 1. The maximum Gasteiger partial charge on any atom is 0.275 e. The second kappa shape index (κ2) is 6.62. The minimum Gasteiger partial charge on any atom is -0.507 e. The van der Waals surface area contributed by atoms with Crippen molar-refractivity contribution >= 4 is 23.5 Å². The van der Waals surface area contributed by atoms with E-state index in [2.05, 4.69) is 10.5 Å². The van der Waals surface area contributed by atoms with Crippen molar-refractivity contribution in [1.82, 2.24) is 5.43 Å². The Hall–Kier alpha value is -3.02. The lowest BCUT2D eigenvalue weighted by Crippen LogP contribution is -2.18. The first-order chi connectivity index (χ1) is 10.5. The van der Waals surface area contributed by atoms with Crippen LogP contribution in [0.5, 0.6) is 5.75 Å². The van der Waals surface area contributed by atoms with E-state index >= 15 is 0 Å². The van der Waals surface area contributed by atoms with Gasteiger partial charge in [0, 0.05) is 25.5 Å². The lowest BCUT2D eigenvalue weighted by atomic mass is 10.1. The molecule has 2 aromatic carbocycles. The summed E-state index contributed by atoms with van der Waals surface area (Å²) in [7, 11) is 3.92. The van der Waals surface area contributed by atoms with Crippen molar-refractivity contribution in [3.05, 3.63) is 53.6 Å². The van der Waals surface area contributed by atoms with Crippen molar-refractivity contribution < 1.29 is 9.90 Å². The fourth-order valence-electron chi connectivity index (χ4n) is 1.82. The molecule has 2 aromatic rings. The molecule has 0 fully saturated rings. The van der Waals surface area contributed by atoms with Crippen molar-refractivity contribution in [2.75, 3.05) is 24.7 Å². The minimum absolute atomic E-state index is 0.0834. The normalized spacial score (nSPS) is 10.6. The molecule has 114 valence electrons. The number of hydrazone groups is 1. The molecule has 0 spiro atoms. The van der Waals surface area contributed by atoms with Crippen molar-refractivity contribution in [2.24, 2.45) is 5.10 Å². The number of hydrogen-bond donors (Lipinski definition) is 3. The molecule has 0 aromatic heterocycles. The molecule has 0 saturated heterocycles. The summed E-state index contributed by atoms with van der Waals surface area (Å²) < 4.78 is 0. The lowest BCUT2D eigenvalue weighted by Gasteiger charge is -2.11. The minimum atomic E-state index is -0.522. The molecule has 0 aliphatic heterocycles. The SMILES string of the molecule is CN(C)c1ccc(/C=N\NC(=O)c2cc(N)ccc2O)cc1. The van der Waals surface area contributed by atoms with Gasteiger partial charge in [0.05, 0.1) is 11.8 Å². The molecule has 0 atom stereocenters. The molecule has 6 heteroatoms. The number of rotatable bonds is 4. The zero-order chi connectivity index (χ0) is 16.1. The average Bonchev–Trinajstić information content (AvgIpc) is 2.50. The Labute approximate surface area is 128 Å². The molecule has 0 saturated carbocycles. The number of nitrogen functional groups attached to an aromatic ring is 1. The molecular weight excluding hydrogens is 280 g/mol. The van der Waals surface area contributed by atoms with E-state index in [0.29, 0.717) is 5.69 Å². The molecule has 0 heterocycles. The number of carbonyl (C=O) groups excluding carboxylic acids is 1. The van der Waals surface area contributed by atoms with Crippen LogP contribution in [0, 0.1) is 0 Å². The average molecular weight is 298 g/mol. The molecular formula is C16H18N4O2. The number of phenols is 1. The third-order valence-corrected chi connectivity index (χ3v) is 3.05. The number of nitrogens with zero attached hydrogens (tertiary/aromatic N) is 2. The first-order valence-electron chi connectivity index (χ1n) is 6.66. The Bertz CT molecular complexity index is 694. The van der Waals surface area contributed by atoms with Gasteiger partial charge in [-0.2, -0.15) is 5.10 Å². The number of benzene rings is 2. The summed E-state index contributed by atoms with van der Waals surface area (Å²) in [5.74, 6) is -0.664. The van der Waals surface area contributed by atoms with Crippen LogP contribution in [0.4, 0.5) is 11.4 Å². The highest BCUT2D eigenvalue weighted by Gasteiger charge is 2.10. The van der Waals surface area contributed by atoms with Gasteiger partial charge in [-0.3, -0.25) is 4.79 Å². The quantitative estimate of drug-likeness (QED) is 0.347. The predicted molar refractivity (Wildman–Crippen MR) is 88.3 cm³/mol. The predicted octanol–water partition coefficient (Wildman–Crippen LogP) is 1.80. The lowest BCUT2D eigenvalue weighted by molar-refractivity contribution is 0.0952. The van der Waals surface area contributed by atoms with Gasteiger partial charge < -0.3 is 15.7 Å². The molecule has 0 radical (unpaired) electrons. The highest BCUT2D eigenvalue weighted by atomic mass is 16.3. The third kappa shape index (κ3) is 3.76. The van der Waals surface area contributed by atoms with E-state index in [-0.39, 0.29) is 11.3 Å². The highest BCUT2D eigenvalue weighted by molar-refractivity contribution is 5.98. The number of anilines is 2. The van der Waals surface area contributed by atoms with E-state index in [1.807, 2.05) is 43.3 Å². The molecule has 1 amide bonds. The Balaban J connectivity index is 2.02. The van der Waals surface area contributed by atoms with Gasteiger partial charge in [0.2, 0.25) is 0 Å². The second-order valence-corrected chi connectivity index (χ2v) is 4.96. The van der Waals surface area contributed by atoms with Crippen LogP contribution in [0.1, 0.15) is 15.9 Å². The number of nitrogens with one attached hydrogen (secondary N) is 1. The zero-order valence-corrected chi connectivity index (χ0v) is 12.4. The van der Waals surface area contributed by atoms with Gasteiger partial charge >= 0.3 is 0 Å². The van der Waals surface area contributed by atoms with Crippen LogP contribution in [0.3, 0.4) is 0 Å². The van der Waals surface area contributed by atoms with Gasteiger partial charge in [-0.1, -0.05) is 12.1 Å². The second-order valence-electron chi connectivity index (χ2n) is 4.96. The fraction of sp³-hybridized carbons (Fsp3) is 0.125. The standard InChI is InChI=1S/C16H18N4O2/c1-20(2)13-6-3-11(4-7-13)10-18-19-16(22)14-9-12(17)5-8-15(14)21/h3-10,21H,17H2,1-2H3,(H,19,22)/b18-10-. The Kier molecular flexibility index (Phi) is 4.63. The summed E-state index contributed by atoms with van der Waals surface area (Å²) in [6.45, 7) is 0. The van der Waals surface area contributed by atoms with Gasteiger partial charge in [-0.25, -0.2) is 5.43 Å². The first kappa shape index (κ1) is 15.4. The van der Waals surface area contributed by atoms with Crippen LogP contribution in [0.15, 0.2) is 47.6 Å². The summed E-state index contributed by atoms with van der Waals surface area (Å²) in [4.78, 5) is 13.9. The molecule has 22 heavy (non-hydrogen) atoms. The van der Waals surface area contributed by atoms with Gasteiger partial charge in [0.25, 0.3) is 5.91 Å². The van der Waals surface area contributed by atoms with Crippen LogP contribution in [-0.2, 0) is 0 Å². The fourth-order valence-corrected chi connectivity index (χ4v) is 1.82. The first-order valence-corrected chi connectivity index (χ1v) is 6.66. The van der Waals surface area contributed by atoms with E-state index in [4.69, 9.17) is 5.73 Å². The van der Waals surface area contributed by atoms with E-state index in [9.17, 15) is 9.90 Å². The third-order valence-electron chi connectivity index (χ3n) is 3.05. The summed E-state index contributed by atoms with van der Waals surface area (Å²) in [5.41, 5.74) is 10.4. The van der Waals surface area contributed by atoms with Gasteiger partial charge in [-0.05, 0) is 35.9 Å². The number of carbonyl (C=O) groups is 1. The van der Waals surface area contributed by atoms with Gasteiger partial charge in [0.1, 0.15) is 5.75 Å². The summed E-state index contributed by atoms with van der Waals surface area (Å²) in [5, 5.41) is 13.5. The van der Waals surface area contributed by atoms with E-state index in [1.165, 1.54) is 24.4 Å². The maximum absolute atomic E-state index is 11.9. The zero-order valence-electron chi connectivity index (χ0n) is 12.4. The number of hydrogen-bond acceptors (Lipinski definition) is 5. The topological polar surface area (TPSA) is 91.0 Å².